The molecule has 0 radical (unpaired) electrons. The van der Waals surface area contributed by atoms with Crippen molar-refractivity contribution in [3.05, 3.63) is 212 Å². The maximum absolute atomic E-state index is 5.49. The fraction of sp³-hybridized carbons (Fsp3) is 0.0351. The Morgan fingerprint density at radius 3 is 1.69 bits per heavy atom. The number of nitrogens with zero attached hydrogens (tertiary/aromatic N) is 4. The Balaban J connectivity index is 1.26. The Labute approximate surface area is 353 Å². The number of rotatable bonds is 6. The third-order valence-corrected chi connectivity index (χ3v) is 12.2. The topological polar surface area (TPSA) is 43.6 Å². The van der Waals surface area contributed by atoms with Crippen molar-refractivity contribution in [2.75, 3.05) is 0 Å². The normalized spacial score (nSPS) is 12.8. The van der Waals surface area contributed by atoms with Gasteiger partial charge in [0.15, 0.2) is 17.5 Å². The van der Waals surface area contributed by atoms with E-state index < -0.39 is 0 Å². The number of hydrogen-bond donors (Lipinski definition) is 0. The van der Waals surface area contributed by atoms with Gasteiger partial charge < -0.3 is 4.57 Å². The molecule has 0 saturated heterocycles. The highest BCUT2D eigenvalue weighted by Crippen LogP contribution is 2.49. The average molecular weight is 779 g/mol. The fourth-order valence-electron chi connectivity index (χ4n) is 9.42. The van der Waals surface area contributed by atoms with Crippen LogP contribution in [0.25, 0.3) is 111 Å². The number of allylic oxidation sites excluding steroid dienone is 4. The van der Waals surface area contributed by atoms with E-state index in [4.69, 9.17) is 15.0 Å². The number of aromatic nitrogens is 4. The van der Waals surface area contributed by atoms with Crippen LogP contribution in [0.5, 0.6) is 0 Å². The first-order valence-corrected chi connectivity index (χ1v) is 21.0. The Bertz CT molecular complexity index is 3580. The van der Waals surface area contributed by atoms with Gasteiger partial charge in [-0.05, 0) is 75.2 Å². The molecule has 0 N–H and O–H groups in total. The predicted octanol–water partition coefficient (Wildman–Crippen LogP) is 14.8. The van der Waals surface area contributed by atoms with Crippen LogP contribution >= 0.6 is 0 Å². The van der Waals surface area contributed by atoms with E-state index in [1.54, 1.807) is 0 Å². The zero-order valence-corrected chi connectivity index (χ0v) is 33.3. The van der Waals surface area contributed by atoms with Gasteiger partial charge in [0.05, 0.1) is 16.7 Å². The van der Waals surface area contributed by atoms with E-state index in [9.17, 15) is 0 Å². The summed E-state index contributed by atoms with van der Waals surface area (Å²) in [6.45, 7) is 0. The lowest BCUT2D eigenvalue weighted by atomic mass is 9.83. The van der Waals surface area contributed by atoms with Gasteiger partial charge in [0.1, 0.15) is 0 Å². The molecule has 1 aliphatic rings. The molecule has 0 bridgehead atoms. The molecule has 2 aromatic heterocycles. The first-order valence-electron chi connectivity index (χ1n) is 21.0. The monoisotopic (exact) mass is 778 g/mol. The Kier molecular flexibility index (Phi) is 8.27. The van der Waals surface area contributed by atoms with Crippen molar-refractivity contribution < 1.29 is 0 Å². The number of para-hydroxylation sites is 1. The summed E-state index contributed by atoms with van der Waals surface area (Å²) in [5.74, 6) is 1.91. The van der Waals surface area contributed by atoms with E-state index in [1.807, 2.05) is 18.2 Å². The van der Waals surface area contributed by atoms with Gasteiger partial charge in [-0.1, -0.05) is 182 Å². The first-order chi connectivity index (χ1) is 30.3. The van der Waals surface area contributed by atoms with Crippen LogP contribution in [0.1, 0.15) is 18.4 Å². The molecule has 9 aromatic carbocycles. The van der Waals surface area contributed by atoms with Gasteiger partial charge in [-0.25, -0.2) is 15.0 Å². The minimum Gasteiger partial charge on any atom is -0.308 e. The van der Waals surface area contributed by atoms with E-state index in [2.05, 4.69) is 193 Å². The van der Waals surface area contributed by atoms with Crippen molar-refractivity contribution in [1.29, 1.82) is 0 Å². The van der Waals surface area contributed by atoms with Crippen molar-refractivity contribution in [2.24, 2.45) is 0 Å². The lowest BCUT2D eigenvalue weighted by Crippen LogP contribution is -2.08. The number of benzene rings is 9. The predicted molar refractivity (Wildman–Crippen MR) is 255 cm³/mol. The van der Waals surface area contributed by atoms with E-state index in [1.165, 1.54) is 32.4 Å². The Hall–Kier alpha value is -7.95. The van der Waals surface area contributed by atoms with Gasteiger partial charge in [-0.15, -0.1) is 0 Å². The minimum atomic E-state index is 0.636. The summed E-state index contributed by atoms with van der Waals surface area (Å²) in [5.41, 5.74) is 10.9. The van der Waals surface area contributed by atoms with Crippen molar-refractivity contribution >= 4 is 59.7 Å². The van der Waals surface area contributed by atoms with Gasteiger partial charge in [-0.3, -0.25) is 0 Å². The maximum atomic E-state index is 5.49. The molecule has 11 aromatic rings. The second kappa shape index (κ2) is 14.4. The van der Waals surface area contributed by atoms with Crippen LogP contribution in [0.4, 0.5) is 0 Å². The lowest BCUT2D eigenvalue weighted by Gasteiger charge is -2.26. The molecule has 0 saturated carbocycles. The van der Waals surface area contributed by atoms with E-state index in [0.29, 0.717) is 17.5 Å². The molecule has 0 amide bonds. The van der Waals surface area contributed by atoms with Gasteiger partial charge in [-0.2, -0.15) is 0 Å². The summed E-state index contributed by atoms with van der Waals surface area (Å²) < 4.78 is 2.52. The molecule has 0 unspecified atom stereocenters. The molecular formula is C57H38N4. The SMILES string of the molecule is C1=CC(c2c(-c3ccccc3)c(-n3c4ccccc4c4cc5ccccc5cc43)c3ccccc3c2-c2nc(-c3ccccc3)nc(-c3ccc4ccccc4c3)n2)=CCC1. The second-order valence-corrected chi connectivity index (χ2v) is 15.8. The van der Waals surface area contributed by atoms with Crippen molar-refractivity contribution in [3.63, 3.8) is 0 Å². The molecule has 4 nitrogen and oxygen atoms in total. The summed E-state index contributed by atoms with van der Waals surface area (Å²) in [4.78, 5) is 16.1. The first kappa shape index (κ1) is 35.0. The molecule has 1 aliphatic carbocycles. The molecule has 0 fully saturated rings. The van der Waals surface area contributed by atoms with Crippen LogP contribution in [0, 0.1) is 0 Å². The molecular weight excluding hydrogens is 741 g/mol. The molecule has 0 atom stereocenters. The quantitative estimate of drug-likeness (QED) is 0.169. The lowest BCUT2D eigenvalue weighted by molar-refractivity contribution is 1.04. The highest BCUT2D eigenvalue weighted by atomic mass is 15.0. The summed E-state index contributed by atoms with van der Waals surface area (Å²) in [6.07, 6.45) is 8.94. The molecule has 286 valence electrons. The number of hydrogen-bond acceptors (Lipinski definition) is 3. The van der Waals surface area contributed by atoms with E-state index in [0.717, 1.165) is 79.2 Å². The summed E-state index contributed by atoms with van der Waals surface area (Å²) >= 11 is 0. The van der Waals surface area contributed by atoms with Crippen LogP contribution in [-0.4, -0.2) is 19.5 Å². The molecule has 12 rings (SSSR count). The second-order valence-electron chi connectivity index (χ2n) is 15.8. The Morgan fingerprint density at radius 1 is 0.361 bits per heavy atom. The zero-order valence-electron chi connectivity index (χ0n) is 33.3. The van der Waals surface area contributed by atoms with E-state index >= 15 is 0 Å². The highest BCUT2D eigenvalue weighted by Gasteiger charge is 2.29. The highest BCUT2D eigenvalue weighted by molar-refractivity contribution is 6.18. The van der Waals surface area contributed by atoms with Crippen molar-refractivity contribution in [3.8, 4) is 51.0 Å². The van der Waals surface area contributed by atoms with Gasteiger partial charge in [0, 0.05) is 44.0 Å². The molecule has 0 aliphatic heterocycles. The van der Waals surface area contributed by atoms with Gasteiger partial charge in [0.25, 0.3) is 0 Å². The van der Waals surface area contributed by atoms with Crippen molar-refractivity contribution in [2.45, 2.75) is 12.8 Å². The molecule has 61 heavy (non-hydrogen) atoms. The standard InChI is InChI=1S/C57H38N4/c1-4-19-38(20-5-1)51-52(39-21-6-2-7-22-39)54(61-49-31-17-16-28-45(49)48-35-42-26-12-13-27-43(42)36-50(48)61)47-30-15-14-29-46(47)53(51)57-59-55(40-23-8-3-9-24-40)58-56(60-57)44-33-32-37-18-10-11-25-41(37)34-44/h2-4,6-36H,1,5H2. The Morgan fingerprint density at radius 2 is 0.951 bits per heavy atom. The van der Waals surface area contributed by atoms with Crippen LogP contribution in [0.3, 0.4) is 0 Å². The molecule has 0 spiro atoms. The van der Waals surface area contributed by atoms with E-state index in [-0.39, 0.29) is 0 Å². The summed E-state index contributed by atoms with van der Waals surface area (Å²) in [7, 11) is 0. The molecule has 2 heterocycles. The summed E-state index contributed by atoms with van der Waals surface area (Å²) in [6, 6.07) is 67.2. The maximum Gasteiger partial charge on any atom is 0.165 e. The summed E-state index contributed by atoms with van der Waals surface area (Å²) in [5, 5.41) is 9.39. The third-order valence-electron chi connectivity index (χ3n) is 12.2. The largest absolute Gasteiger partial charge is 0.308 e. The minimum absolute atomic E-state index is 0.636. The zero-order chi connectivity index (χ0) is 40.3. The van der Waals surface area contributed by atoms with Crippen molar-refractivity contribution in [1.82, 2.24) is 19.5 Å². The van der Waals surface area contributed by atoms with Gasteiger partial charge >= 0.3 is 0 Å². The molecule has 4 heteroatoms. The average Bonchev–Trinajstić information content (AvgIpc) is 3.65. The fourth-order valence-corrected chi connectivity index (χ4v) is 9.42. The third kappa shape index (κ3) is 5.87. The van der Waals surface area contributed by atoms with Crippen LogP contribution in [0.2, 0.25) is 0 Å². The van der Waals surface area contributed by atoms with Crippen LogP contribution in [-0.2, 0) is 0 Å². The smallest absolute Gasteiger partial charge is 0.165 e. The van der Waals surface area contributed by atoms with Crippen LogP contribution < -0.4 is 0 Å². The van der Waals surface area contributed by atoms with Crippen LogP contribution in [0.15, 0.2) is 206 Å². The number of fused-ring (bicyclic) bond motifs is 6. The van der Waals surface area contributed by atoms with Gasteiger partial charge in [0.2, 0.25) is 0 Å².